The molecular formula is C28H26Cl2F2N2O9S. The summed E-state index contributed by atoms with van der Waals surface area (Å²) in [5.74, 6) is -1.88. The number of nitrogens with zero attached hydrogens (tertiary/aromatic N) is 1. The smallest absolute Gasteiger partial charge is 0.387 e. The maximum atomic E-state index is 13.0. The summed E-state index contributed by atoms with van der Waals surface area (Å²) in [6.45, 7) is -3.69. The lowest BCUT2D eigenvalue weighted by Crippen LogP contribution is -2.26. The zero-order chi connectivity index (χ0) is 32.0. The second kappa shape index (κ2) is 14.3. The van der Waals surface area contributed by atoms with Crippen molar-refractivity contribution in [3.8, 4) is 11.5 Å². The number of ether oxygens (including phenoxy) is 4. The van der Waals surface area contributed by atoms with Gasteiger partial charge in [-0.15, -0.1) is 0 Å². The third-order valence-corrected chi connectivity index (χ3v) is 7.43. The molecule has 0 spiro atoms. The molecule has 1 N–H and O–H groups in total. The van der Waals surface area contributed by atoms with Crippen LogP contribution in [0.1, 0.15) is 40.4 Å². The van der Waals surface area contributed by atoms with Gasteiger partial charge in [-0.05, 0) is 54.7 Å². The van der Waals surface area contributed by atoms with Gasteiger partial charge in [-0.1, -0.05) is 35.3 Å². The predicted octanol–water partition coefficient (Wildman–Crippen LogP) is 5.07. The van der Waals surface area contributed by atoms with Crippen molar-refractivity contribution in [1.82, 2.24) is 0 Å². The molecule has 3 aromatic rings. The lowest BCUT2D eigenvalue weighted by molar-refractivity contribution is -0.605. The Labute approximate surface area is 261 Å². The maximum Gasteiger partial charge on any atom is 0.387 e. The molecule has 2 aromatic carbocycles. The first-order valence-corrected chi connectivity index (χ1v) is 15.6. The van der Waals surface area contributed by atoms with E-state index in [0.717, 1.165) is 31.5 Å². The Morgan fingerprint density at radius 1 is 1.09 bits per heavy atom. The number of nitrogens with one attached hydrogen (secondary N) is 1. The van der Waals surface area contributed by atoms with Crippen LogP contribution in [0.4, 0.5) is 14.5 Å². The summed E-state index contributed by atoms with van der Waals surface area (Å²) in [4.78, 5) is 25.5. The molecule has 1 aliphatic rings. The molecule has 0 bridgehead atoms. The highest BCUT2D eigenvalue weighted by Crippen LogP contribution is 2.37. The number of alkyl halides is 2. The molecule has 0 amide bonds. The van der Waals surface area contributed by atoms with Crippen molar-refractivity contribution < 1.29 is 50.5 Å². The van der Waals surface area contributed by atoms with Crippen molar-refractivity contribution >= 4 is 50.9 Å². The van der Waals surface area contributed by atoms with E-state index in [-0.39, 0.29) is 62.9 Å². The van der Waals surface area contributed by atoms with Gasteiger partial charge >= 0.3 is 18.6 Å². The molecule has 1 heterocycles. The zero-order valence-corrected chi connectivity index (χ0v) is 25.3. The molecular weight excluding hydrogens is 649 g/mol. The van der Waals surface area contributed by atoms with E-state index in [1.54, 1.807) is 0 Å². The number of carbonyl (C=O) groups is 2. The third-order valence-electron chi connectivity index (χ3n) is 6.17. The van der Waals surface area contributed by atoms with Crippen molar-refractivity contribution in [2.24, 2.45) is 5.92 Å². The van der Waals surface area contributed by atoms with Gasteiger partial charge in [0.15, 0.2) is 30.5 Å². The number of pyridine rings is 1. The number of benzene rings is 2. The number of halogens is 4. The second-order valence-electron chi connectivity index (χ2n) is 9.85. The number of carbonyl (C=O) groups excluding carboxylic acids is 2. The van der Waals surface area contributed by atoms with Crippen LogP contribution in [0, 0.1) is 11.1 Å². The highest BCUT2D eigenvalue weighted by molar-refractivity contribution is 7.92. The van der Waals surface area contributed by atoms with Crippen LogP contribution < -0.4 is 18.9 Å². The van der Waals surface area contributed by atoms with E-state index < -0.39 is 41.3 Å². The lowest BCUT2D eigenvalue weighted by Gasteiger charge is -2.21. The number of hydrogen-bond donors (Lipinski definition) is 1. The summed E-state index contributed by atoms with van der Waals surface area (Å²) >= 11 is 12.5. The van der Waals surface area contributed by atoms with E-state index in [1.165, 1.54) is 42.5 Å². The van der Waals surface area contributed by atoms with E-state index in [0.29, 0.717) is 4.73 Å². The fourth-order valence-electron chi connectivity index (χ4n) is 3.99. The normalized spacial score (nSPS) is 13.7. The van der Waals surface area contributed by atoms with E-state index in [2.05, 4.69) is 9.46 Å². The average Bonchev–Trinajstić information content (AvgIpc) is 3.76. The van der Waals surface area contributed by atoms with E-state index >= 15 is 0 Å². The monoisotopic (exact) mass is 674 g/mol. The molecule has 1 unspecified atom stereocenters. The summed E-state index contributed by atoms with van der Waals surface area (Å²) < 4.78 is 72.7. The van der Waals surface area contributed by atoms with Gasteiger partial charge in [0.05, 0.1) is 18.4 Å². The van der Waals surface area contributed by atoms with Crippen molar-refractivity contribution in [2.45, 2.75) is 32.0 Å². The van der Waals surface area contributed by atoms with Crippen LogP contribution in [0.15, 0.2) is 54.9 Å². The first-order valence-electron chi connectivity index (χ1n) is 13.0. The SMILES string of the molecule is CS(=O)(=O)Nc1cccc(C(=O)OCC(=O)OC(Cc2c(Cl)c[n+]([O-])cc2Cl)c2ccc(OC(F)F)c(OCC3CC3)c2)c1. The molecule has 11 nitrogen and oxygen atoms in total. The van der Waals surface area contributed by atoms with Crippen LogP contribution in [0.3, 0.4) is 0 Å². The largest absolute Gasteiger partial charge is 0.619 e. The Balaban J connectivity index is 1.55. The molecule has 1 aliphatic carbocycles. The van der Waals surface area contributed by atoms with Gasteiger partial charge in [-0.25, -0.2) is 18.0 Å². The maximum absolute atomic E-state index is 13.0. The van der Waals surface area contributed by atoms with Crippen LogP contribution in [0.25, 0.3) is 0 Å². The molecule has 1 saturated carbocycles. The van der Waals surface area contributed by atoms with Crippen molar-refractivity contribution in [3.63, 3.8) is 0 Å². The van der Waals surface area contributed by atoms with E-state index in [4.69, 9.17) is 37.4 Å². The van der Waals surface area contributed by atoms with Crippen LogP contribution in [0.2, 0.25) is 10.0 Å². The highest BCUT2D eigenvalue weighted by atomic mass is 35.5. The fourth-order valence-corrected chi connectivity index (χ4v) is 5.14. The molecule has 1 fully saturated rings. The van der Waals surface area contributed by atoms with E-state index in [1.807, 2.05) is 0 Å². The van der Waals surface area contributed by atoms with Crippen molar-refractivity contribution in [2.75, 3.05) is 24.2 Å². The molecule has 1 atom stereocenters. The van der Waals surface area contributed by atoms with Gasteiger partial charge in [0.25, 0.3) is 0 Å². The minimum Gasteiger partial charge on any atom is -0.619 e. The number of anilines is 1. The molecule has 0 saturated heterocycles. The van der Waals surface area contributed by atoms with Gasteiger partial charge in [0, 0.05) is 17.7 Å². The molecule has 236 valence electrons. The van der Waals surface area contributed by atoms with Gasteiger partial charge in [-0.3, -0.25) is 4.72 Å². The summed E-state index contributed by atoms with van der Waals surface area (Å²) in [7, 11) is -3.60. The Hall–Kier alpha value is -3.88. The summed E-state index contributed by atoms with van der Waals surface area (Å²) in [5.41, 5.74) is 0.602. The molecule has 0 aliphatic heterocycles. The topological polar surface area (TPSA) is 144 Å². The second-order valence-corrected chi connectivity index (χ2v) is 12.4. The molecule has 0 radical (unpaired) electrons. The number of rotatable bonds is 14. The van der Waals surface area contributed by atoms with Gasteiger partial charge in [-0.2, -0.15) is 13.5 Å². The molecule has 44 heavy (non-hydrogen) atoms. The Kier molecular flexibility index (Phi) is 10.7. The van der Waals surface area contributed by atoms with E-state index in [9.17, 15) is 32.0 Å². The third kappa shape index (κ3) is 9.82. The first kappa shape index (κ1) is 33.0. The summed E-state index contributed by atoms with van der Waals surface area (Å²) in [6, 6.07) is 9.42. The van der Waals surface area contributed by atoms with Crippen LogP contribution in [0.5, 0.6) is 11.5 Å². The van der Waals surface area contributed by atoms with Gasteiger partial charge in [0.2, 0.25) is 10.0 Å². The van der Waals surface area contributed by atoms with Gasteiger partial charge < -0.3 is 24.2 Å². The number of aromatic nitrogens is 1. The van der Waals surface area contributed by atoms with Gasteiger partial charge in [0.1, 0.15) is 16.1 Å². The summed E-state index contributed by atoms with van der Waals surface area (Å²) in [5, 5.41) is 11.7. The van der Waals surface area contributed by atoms with Crippen molar-refractivity contribution in [3.05, 3.63) is 86.8 Å². The minimum absolute atomic E-state index is 0.00702. The molecule has 1 aromatic heterocycles. The highest BCUT2D eigenvalue weighted by Gasteiger charge is 2.27. The number of hydrogen-bond acceptors (Lipinski definition) is 9. The zero-order valence-electron chi connectivity index (χ0n) is 23.0. The van der Waals surface area contributed by atoms with Crippen molar-refractivity contribution in [1.29, 1.82) is 0 Å². The van der Waals surface area contributed by atoms with Crippen LogP contribution >= 0.6 is 23.2 Å². The quantitative estimate of drug-likeness (QED) is 0.141. The minimum atomic E-state index is -3.60. The Morgan fingerprint density at radius 3 is 2.43 bits per heavy atom. The Morgan fingerprint density at radius 2 is 1.80 bits per heavy atom. The Bertz CT molecular complexity index is 1620. The van der Waals surface area contributed by atoms with Crippen LogP contribution in [-0.4, -0.2) is 46.4 Å². The predicted molar refractivity (Wildman–Crippen MR) is 154 cm³/mol. The number of esters is 2. The first-order chi connectivity index (χ1) is 20.8. The fraction of sp³-hybridized carbons (Fsp3) is 0.321. The average molecular weight is 675 g/mol. The standard InChI is InChI=1S/C28H26Cl2F2N2O9S/c1-44(38,39)33-19-4-2-3-18(9-19)27(36)41-15-26(35)42-24(11-20-21(29)12-34(37)13-22(20)30)17-7-8-23(43-28(31)32)25(10-17)40-14-16-5-6-16/h2-4,7-10,12-13,16,24,28,33H,5-6,11,14-15H2,1H3. The lowest BCUT2D eigenvalue weighted by atomic mass is 10.0. The van der Waals surface area contributed by atoms with Crippen LogP contribution in [-0.2, 0) is 30.7 Å². The summed E-state index contributed by atoms with van der Waals surface area (Å²) in [6.07, 6.45) is 3.61. The number of sulfonamides is 1. The molecule has 16 heteroatoms. The molecule has 4 rings (SSSR count).